The molecule has 0 aromatic rings. The molecule has 1 amide bonds. The molecule has 0 saturated carbocycles. The van der Waals surface area contributed by atoms with Gasteiger partial charge >= 0.3 is 0 Å². The number of fused-ring (bicyclic) bond motifs is 1. The Kier molecular flexibility index (Phi) is 5.73. The van der Waals surface area contributed by atoms with Crippen molar-refractivity contribution in [1.82, 2.24) is 9.62 Å². The fraction of sp³-hybridized carbons (Fsp3) is 0.611. The second-order valence-electron chi connectivity index (χ2n) is 7.36. The van der Waals surface area contributed by atoms with Crippen LogP contribution >= 0.6 is 11.8 Å². The molecule has 3 heterocycles. The molecule has 4 rings (SSSR count). The van der Waals surface area contributed by atoms with Crippen molar-refractivity contribution in [2.45, 2.75) is 24.1 Å². The van der Waals surface area contributed by atoms with E-state index in [4.69, 9.17) is 4.74 Å². The molecule has 8 nitrogen and oxygen atoms in total. The SMILES string of the molecule is CS(=O)(=O)N1CC(N=C2C=CC3C(=O)NC(CSC4CCOCC4)=NC3=C2)C1. The molecule has 1 aliphatic carbocycles. The number of rotatable bonds is 5. The summed E-state index contributed by atoms with van der Waals surface area (Å²) in [5, 5.41) is 3.45. The lowest BCUT2D eigenvalue weighted by Gasteiger charge is -2.35. The molecule has 28 heavy (non-hydrogen) atoms. The molecule has 4 aliphatic rings. The number of carbonyl (C=O) groups is 1. The van der Waals surface area contributed by atoms with E-state index in [2.05, 4.69) is 15.3 Å². The van der Waals surface area contributed by atoms with Gasteiger partial charge in [0.1, 0.15) is 5.84 Å². The van der Waals surface area contributed by atoms with E-state index in [0.717, 1.165) is 31.8 Å². The maximum atomic E-state index is 12.4. The minimum absolute atomic E-state index is 0.0484. The van der Waals surface area contributed by atoms with E-state index in [1.54, 1.807) is 0 Å². The number of carbonyl (C=O) groups excluding carboxylic acids is 1. The maximum absolute atomic E-state index is 12.4. The first-order valence-electron chi connectivity index (χ1n) is 9.39. The zero-order valence-electron chi connectivity index (χ0n) is 15.7. The highest BCUT2D eigenvalue weighted by Gasteiger charge is 2.34. The Hall–Kier alpha value is -1.49. The first-order valence-corrected chi connectivity index (χ1v) is 12.3. The molecule has 0 aromatic carbocycles. The summed E-state index contributed by atoms with van der Waals surface area (Å²) in [4.78, 5) is 21.7. The smallest absolute Gasteiger partial charge is 0.238 e. The largest absolute Gasteiger partial charge is 0.381 e. The van der Waals surface area contributed by atoms with E-state index in [0.29, 0.717) is 35.6 Å². The number of nitrogens with one attached hydrogen (secondary N) is 1. The van der Waals surface area contributed by atoms with E-state index < -0.39 is 10.0 Å². The lowest BCUT2D eigenvalue weighted by atomic mass is 9.96. The zero-order chi connectivity index (χ0) is 19.7. The Balaban J connectivity index is 1.41. The van der Waals surface area contributed by atoms with Crippen LogP contribution < -0.4 is 5.32 Å². The van der Waals surface area contributed by atoms with Gasteiger partial charge in [0, 0.05) is 31.6 Å². The van der Waals surface area contributed by atoms with Crippen LogP contribution in [0.1, 0.15) is 12.8 Å². The van der Waals surface area contributed by atoms with Crippen LogP contribution in [-0.2, 0) is 19.6 Å². The lowest BCUT2D eigenvalue weighted by Crippen LogP contribution is -2.52. The van der Waals surface area contributed by atoms with Crippen LogP contribution in [0.2, 0.25) is 0 Å². The number of thioether (sulfide) groups is 1. The Bertz CT molecular complexity index is 866. The van der Waals surface area contributed by atoms with E-state index in [-0.39, 0.29) is 17.9 Å². The van der Waals surface area contributed by atoms with Gasteiger partial charge in [0.25, 0.3) is 0 Å². The number of hydrogen-bond acceptors (Lipinski definition) is 7. The average Bonchev–Trinajstić information content (AvgIpc) is 2.62. The minimum Gasteiger partial charge on any atom is -0.381 e. The molecular formula is C18H24N4O4S2. The fourth-order valence-corrected chi connectivity index (χ4v) is 5.42. The van der Waals surface area contributed by atoms with Crippen molar-refractivity contribution in [3.63, 3.8) is 0 Å². The van der Waals surface area contributed by atoms with Crippen LogP contribution in [0.25, 0.3) is 0 Å². The average molecular weight is 425 g/mol. The Labute approximate surface area is 169 Å². The number of allylic oxidation sites excluding steroid dienone is 2. The normalized spacial score (nSPS) is 28.4. The van der Waals surface area contributed by atoms with Crippen LogP contribution in [0.5, 0.6) is 0 Å². The molecule has 3 aliphatic heterocycles. The summed E-state index contributed by atoms with van der Waals surface area (Å²) >= 11 is 1.81. The highest BCUT2D eigenvalue weighted by Crippen LogP contribution is 2.26. The Morgan fingerprint density at radius 3 is 2.82 bits per heavy atom. The van der Waals surface area contributed by atoms with Gasteiger partial charge in [0.15, 0.2) is 0 Å². The van der Waals surface area contributed by atoms with Gasteiger partial charge in [-0.05, 0) is 25.0 Å². The number of hydrogen-bond donors (Lipinski definition) is 1. The monoisotopic (exact) mass is 424 g/mol. The van der Waals surface area contributed by atoms with Crippen molar-refractivity contribution in [2.75, 3.05) is 38.3 Å². The van der Waals surface area contributed by atoms with Gasteiger partial charge in [-0.1, -0.05) is 6.08 Å². The molecule has 152 valence electrons. The molecule has 2 fully saturated rings. The summed E-state index contributed by atoms with van der Waals surface area (Å²) in [5.41, 5.74) is 1.44. The van der Waals surface area contributed by atoms with Crippen molar-refractivity contribution in [2.24, 2.45) is 15.9 Å². The molecular weight excluding hydrogens is 400 g/mol. The van der Waals surface area contributed by atoms with Gasteiger partial charge in [-0.25, -0.2) is 13.4 Å². The summed E-state index contributed by atoms with van der Waals surface area (Å²) in [6.45, 7) is 2.40. The maximum Gasteiger partial charge on any atom is 0.238 e. The Morgan fingerprint density at radius 1 is 1.36 bits per heavy atom. The van der Waals surface area contributed by atoms with Gasteiger partial charge in [0.2, 0.25) is 15.9 Å². The molecule has 0 radical (unpaired) electrons. The summed E-state index contributed by atoms with van der Waals surface area (Å²) in [6.07, 6.45) is 8.73. The number of nitrogens with zero attached hydrogens (tertiary/aromatic N) is 3. The first-order chi connectivity index (χ1) is 13.4. The quantitative estimate of drug-likeness (QED) is 0.696. The number of ether oxygens (including phenoxy) is 1. The third kappa shape index (κ3) is 4.56. The van der Waals surface area contributed by atoms with E-state index in [9.17, 15) is 13.2 Å². The number of aliphatic imine (C=N–C) groups is 2. The molecule has 1 atom stereocenters. The van der Waals surface area contributed by atoms with Gasteiger partial charge in [-0.3, -0.25) is 9.79 Å². The topological polar surface area (TPSA) is 100 Å². The molecule has 0 spiro atoms. The number of amides is 1. The van der Waals surface area contributed by atoms with E-state index in [1.807, 2.05) is 30.0 Å². The summed E-state index contributed by atoms with van der Waals surface area (Å²) < 4.78 is 29.7. The minimum atomic E-state index is -3.14. The predicted molar refractivity (Wildman–Crippen MR) is 110 cm³/mol. The third-order valence-corrected chi connectivity index (χ3v) is 7.76. The van der Waals surface area contributed by atoms with Gasteiger partial charge < -0.3 is 10.1 Å². The van der Waals surface area contributed by atoms with Crippen LogP contribution in [0.4, 0.5) is 0 Å². The first kappa shape index (κ1) is 19.8. The standard InChI is InChI=1S/C18H24N4O4S2/c1-28(24,25)22-9-13(10-22)19-12-2-3-15-16(8-12)20-17(21-18(15)23)11-27-14-4-6-26-7-5-14/h2-3,8,13-15H,4-7,9-11H2,1H3,(H,20,21,23). The van der Waals surface area contributed by atoms with Crippen molar-refractivity contribution in [3.05, 3.63) is 23.9 Å². The van der Waals surface area contributed by atoms with Crippen LogP contribution in [0.15, 0.2) is 33.9 Å². The second kappa shape index (κ2) is 8.10. The van der Waals surface area contributed by atoms with Gasteiger partial charge in [-0.15, -0.1) is 0 Å². The zero-order valence-corrected chi connectivity index (χ0v) is 17.3. The third-order valence-electron chi connectivity index (χ3n) is 5.14. The van der Waals surface area contributed by atoms with Crippen molar-refractivity contribution in [1.29, 1.82) is 0 Å². The molecule has 0 aromatic heterocycles. The predicted octanol–water partition coefficient (Wildman–Crippen LogP) is 0.582. The van der Waals surface area contributed by atoms with E-state index in [1.165, 1.54) is 10.6 Å². The highest BCUT2D eigenvalue weighted by atomic mass is 32.2. The van der Waals surface area contributed by atoms with Crippen molar-refractivity contribution in [3.8, 4) is 0 Å². The van der Waals surface area contributed by atoms with Crippen molar-refractivity contribution >= 4 is 39.2 Å². The lowest BCUT2D eigenvalue weighted by molar-refractivity contribution is -0.121. The second-order valence-corrected chi connectivity index (χ2v) is 10.6. The summed E-state index contributed by atoms with van der Waals surface area (Å²) in [5.74, 6) is 0.907. The molecule has 2 saturated heterocycles. The fourth-order valence-electron chi connectivity index (χ4n) is 3.48. The van der Waals surface area contributed by atoms with Gasteiger partial charge in [-0.2, -0.15) is 16.1 Å². The van der Waals surface area contributed by atoms with E-state index >= 15 is 0 Å². The molecule has 1 N–H and O–H groups in total. The highest BCUT2D eigenvalue weighted by molar-refractivity contribution is 8.00. The van der Waals surface area contributed by atoms with Crippen LogP contribution in [0, 0.1) is 5.92 Å². The molecule has 1 unspecified atom stereocenters. The Morgan fingerprint density at radius 2 is 2.11 bits per heavy atom. The summed E-state index contributed by atoms with van der Waals surface area (Å²) in [7, 11) is -3.14. The van der Waals surface area contributed by atoms with Crippen molar-refractivity contribution < 1.29 is 17.9 Å². The van der Waals surface area contributed by atoms with Crippen LogP contribution in [0.3, 0.4) is 0 Å². The number of sulfonamides is 1. The molecule has 10 heteroatoms. The van der Waals surface area contributed by atoms with Gasteiger partial charge in [0.05, 0.1) is 35.4 Å². The number of amidine groups is 1. The summed E-state index contributed by atoms with van der Waals surface area (Å²) in [6, 6.07) is -0.0484. The molecule has 0 bridgehead atoms. The van der Waals surface area contributed by atoms with Crippen LogP contribution in [-0.4, -0.2) is 79.8 Å².